The Morgan fingerprint density at radius 1 is 1.60 bits per heavy atom. The van der Waals surface area contributed by atoms with Crippen molar-refractivity contribution in [1.29, 1.82) is 0 Å². The van der Waals surface area contributed by atoms with Gasteiger partial charge < -0.3 is 15.2 Å². The Kier molecular flexibility index (Phi) is 6.43. The maximum atomic E-state index is 11.1. The molecule has 1 heterocycles. The van der Waals surface area contributed by atoms with Crippen molar-refractivity contribution >= 4 is 11.9 Å². The first-order valence-electron chi connectivity index (χ1n) is 4.75. The first-order chi connectivity index (χ1) is 6.49. The van der Waals surface area contributed by atoms with Gasteiger partial charge in [0.25, 0.3) is 0 Å². The minimum atomic E-state index is -1.21. The second-order valence-electron chi connectivity index (χ2n) is 3.99. The van der Waals surface area contributed by atoms with E-state index in [1.165, 1.54) is 0 Å². The fraction of sp³-hybridized carbons (Fsp3) is 0.778. The van der Waals surface area contributed by atoms with Crippen LogP contribution >= 0.6 is 0 Å². The van der Waals surface area contributed by atoms with Crippen molar-refractivity contribution in [2.45, 2.75) is 38.9 Å². The van der Waals surface area contributed by atoms with Gasteiger partial charge in [-0.25, -0.2) is 0 Å². The summed E-state index contributed by atoms with van der Waals surface area (Å²) in [5.41, 5.74) is 0. The van der Waals surface area contributed by atoms with Crippen molar-refractivity contribution in [3.05, 3.63) is 0 Å². The van der Waals surface area contributed by atoms with Crippen LogP contribution in [0.3, 0.4) is 0 Å². The summed E-state index contributed by atoms with van der Waals surface area (Å²) in [4.78, 5) is 21.7. The van der Waals surface area contributed by atoms with Gasteiger partial charge >= 0.3 is 29.6 Å². The molecule has 0 aliphatic carbocycles. The molecule has 6 heteroatoms. The van der Waals surface area contributed by atoms with Gasteiger partial charge in [0, 0.05) is 6.42 Å². The molecule has 0 aromatic heterocycles. The molecule has 2 N–H and O–H groups in total. The van der Waals surface area contributed by atoms with Gasteiger partial charge in [-0.15, -0.1) is 0 Å². The van der Waals surface area contributed by atoms with Crippen LogP contribution in [0, 0.1) is 5.92 Å². The van der Waals surface area contributed by atoms with Gasteiger partial charge in [0.1, 0.15) is 0 Å². The van der Waals surface area contributed by atoms with Crippen LogP contribution < -0.4 is 45.3 Å². The van der Waals surface area contributed by atoms with Crippen molar-refractivity contribution in [3.8, 4) is 0 Å². The number of hydrogen-bond donors (Lipinski definition) is 2. The first-order valence-corrected chi connectivity index (χ1v) is 4.75. The van der Waals surface area contributed by atoms with Gasteiger partial charge in [-0.05, 0) is 12.3 Å². The van der Waals surface area contributed by atoms with Crippen molar-refractivity contribution in [2.24, 2.45) is 5.92 Å². The molecule has 15 heavy (non-hydrogen) atoms. The summed E-state index contributed by atoms with van der Waals surface area (Å²) >= 11 is 0. The molecule has 1 amide bonds. The second kappa shape index (κ2) is 6.48. The zero-order valence-electron chi connectivity index (χ0n) is 9.37. The van der Waals surface area contributed by atoms with E-state index in [4.69, 9.17) is 0 Å². The SMILES string of the molecule is CC(C)CC1NC(=O)C[C@@H](C(=O)[O-])N1.[Na+]. The molecule has 80 valence electrons. The predicted octanol–water partition coefficient (Wildman–Crippen LogP) is -4.41. The molecular formula is C9H15N2NaO3. The van der Waals surface area contributed by atoms with Gasteiger partial charge in [-0.1, -0.05) is 13.8 Å². The van der Waals surface area contributed by atoms with E-state index in [1.54, 1.807) is 0 Å². The number of amides is 1. The summed E-state index contributed by atoms with van der Waals surface area (Å²) in [6, 6.07) is -0.854. The Bertz CT molecular complexity index is 246. The van der Waals surface area contributed by atoms with Crippen LogP contribution in [0.5, 0.6) is 0 Å². The average molecular weight is 222 g/mol. The number of carboxylic acid groups (broad SMARTS) is 1. The third-order valence-electron chi connectivity index (χ3n) is 2.12. The molecule has 1 unspecified atom stereocenters. The molecule has 0 radical (unpaired) electrons. The molecule has 2 atom stereocenters. The molecule has 1 aliphatic heterocycles. The zero-order chi connectivity index (χ0) is 10.7. The number of rotatable bonds is 3. The van der Waals surface area contributed by atoms with Crippen LogP contribution in [0.1, 0.15) is 26.7 Å². The second-order valence-corrected chi connectivity index (χ2v) is 3.99. The molecule has 0 spiro atoms. The third-order valence-corrected chi connectivity index (χ3v) is 2.12. The number of carboxylic acids is 1. The van der Waals surface area contributed by atoms with Gasteiger partial charge in [-0.2, -0.15) is 0 Å². The summed E-state index contributed by atoms with van der Waals surface area (Å²) in [5, 5.41) is 16.1. The van der Waals surface area contributed by atoms with Crippen LogP contribution in [0.4, 0.5) is 0 Å². The van der Waals surface area contributed by atoms with Gasteiger partial charge in [0.05, 0.1) is 18.2 Å². The van der Waals surface area contributed by atoms with E-state index in [1.807, 2.05) is 13.8 Å². The molecule has 0 bridgehead atoms. The molecule has 0 aromatic carbocycles. The van der Waals surface area contributed by atoms with Crippen molar-refractivity contribution in [1.82, 2.24) is 10.6 Å². The Hall–Kier alpha value is -0.100. The zero-order valence-corrected chi connectivity index (χ0v) is 11.4. The van der Waals surface area contributed by atoms with Crippen LogP contribution in [0.25, 0.3) is 0 Å². The van der Waals surface area contributed by atoms with Crippen LogP contribution in [-0.4, -0.2) is 24.1 Å². The van der Waals surface area contributed by atoms with Gasteiger partial charge in [0.2, 0.25) is 5.91 Å². The van der Waals surface area contributed by atoms with E-state index >= 15 is 0 Å². The summed E-state index contributed by atoms with van der Waals surface area (Å²) in [6.45, 7) is 4.02. The monoisotopic (exact) mass is 222 g/mol. The standard InChI is InChI=1S/C9H16N2O3.Na/c1-5(2)3-7-10-6(9(13)14)4-8(12)11-7;/h5-7,10H,3-4H2,1-2H3,(H,11,12)(H,13,14);/q;+1/p-1/t6-,7?;/m0./s1. The molecule has 1 aliphatic rings. The van der Waals surface area contributed by atoms with Crippen molar-refractivity contribution < 1.29 is 44.3 Å². The van der Waals surface area contributed by atoms with Gasteiger partial charge in [-0.3, -0.25) is 10.1 Å². The largest absolute Gasteiger partial charge is 1.00 e. The molecule has 1 rings (SSSR count). The fourth-order valence-electron chi connectivity index (χ4n) is 1.53. The first kappa shape index (κ1) is 14.9. The number of nitrogens with one attached hydrogen (secondary N) is 2. The van der Waals surface area contributed by atoms with E-state index < -0.39 is 12.0 Å². The quantitative estimate of drug-likeness (QED) is 0.472. The van der Waals surface area contributed by atoms with Crippen molar-refractivity contribution in [3.63, 3.8) is 0 Å². The molecule has 1 fully saturated rings. The van der Waals surface area contributed by atoms with Crippen LogP contribution in [-0.2, 0) is 9.59 Å². The van der Waals surface area contributed by atoms with E-state index in [-0.39, 0.29) is 48.1 Å². The van der Waals surface area contributed by atoms with Crippen LogP contribution in [0.15, 0.2) is 0 Å². The van der Waals surface area contributed by atoms with E-state index in [0.717, 1.165) is 6.42 Å². The molecule has 0 aromatic rings. The maximum absolute atomic E-state index is 11.1. The normalized spacial score (nSPS) is 25.7. The molecule has 0 saturated carbocycles. The number of hydrogen-bond acceptors (Lipinski definition) is 4. The molecule has 1 saturated heterocycles. The maximum Gasteiger partial charge on any atom is 1.00 e. The Balaban J connectivity index is 0.00000196. The smallest absolute Gasteiger partial charge is 0.548 e. The fourth-order valence-corrected chi connectivity index (χ4v) is 1.53. The van der Waals surface area contributed by atoms with Crippen LogP contribution in [0.2, 0.25) is 0 Å². The Labute approximate surface area is 111 Å². The average Bonchev–Trinajstić information content (AvgIpc) is 2.01. The van der Waals surface area contributed by atoms with E-state index in [9.17, 15) is 14.7 Å². The van der Waals surface area contributed by atoms with E-state index in [0.29, 0.717) is 5.92 Å². The topological polar surface area (TPSA) is 81.3 Å². The van der Waals surface area contributed by atoms with Gasteiger partial charge in [0.15, 0.2) is 0 Å². The number of carbonyl (C=O) groups excluding carboxylic acids is 2. The Morgan fingerprint density at radius 2 is 2.20 bits per heavy atom. The Morgan fingerprint density at radius 3 is 2.67 bits per heavy atom. The molecule has 5 nitrogen and oxygen atoms in total. The predicted molar refractivity (Wildman–Crippen MR) is 47.9 cm³/mol. The minimum absolute atomic E-state index is 0. The van der Waals surface area contributed by atoms with Crippen molar-refractivity contribution in [2.75, 3.05) is 0 Å². The minimum Gasteiger partial charge on any atom is -0.548 e. The van der Waals surface area contributed by atoms with E-state index in [2.05, 4.69) is 10.6 Å². The summed E-state index contributed by atoms with van der Waals surface area (Å²) in [6.07, 6.45) is 0.422. The number of aliphatic carboxylic acids is 1. The number of carbonyl (C=O) groups is 2. The summed E-state index contributed by atoms with van der Waals surface area (Å²) in [5.74, 6) is -1.05. The molecular weight excluding hydrogens is 207 g/mol. The summed E-state index contributed by atoms with van der Waals surface area (Å²) in [7, 11) is 0. The summed E-state index contributed by atoms with van der Waals surface area (Å²) < 4.78 is 0. The third kappa shape index (κ3) is 4.97.